The molecular weight excluding hydrogens is 711 g/mol. The lowest BCUT2D eigenvalue weighted by Crippen LogP contribution is -2.28. The number of phosphoric ester groups is 1. The third-order valence-corrected chi connectivity index (χ3v) is 9.35. The van der Waals surface area contributed by atoms with E-state index in [0.717, 1.165) is 51.4 Å². The number of carbonyl (C=O) groups excluding carboxylic acids is 2. The van der Waals surface area contributed by atoms with Gasteiger partial charge >= 0.3 is 19.8 Å². The number of esters is 2. The van der Waals surface area contributed by atoms with Gasteiger partial charge in [0.15, 0.2) is 6.10 Å². The van der Waals surface area contributed by atoms with E-state index in [4.69, 9.17) is 29.5 Å². The minimum atomic E-state index is -4.50. The third kappa shape index (κ3) is 46.6. The van der Waals surface area contributed by atoms with E-state index in [1.54, 1.807) is 0 Å². The lowest BCUT2D eigenvalue weighted by atomic mass is 10.1. The van der Waals surface area contributed by atoms with Crippen LogP contribution >= 0.6 is 7.82 Å². The lowest BCUT2D eigenvalue weighted by Gasteiger charge is -2.15. The maximum absolute atomic E-state index is 12.1. The van der Waals surface area contributed by atoms with E-state index in [1.807, 2.05) is 0 Å². The maximum Gasteiger partial charge on any atom is 0.469 e. The largest absolute Gasteiger partial charge is 0.469 e. The first-order chi connectivity index (χ1) is 26.1. The van der Waals surface area contributed by atoms with Crippen molar-refractivity contribution in [1.29, 1.82) is 0 Å². The molecular formula is C42H81O11P. The first kappa shape index (κ1) is 54.5. The molecule has 0 heterocycles. The fourth-order valence-corrected chi connectivity index (χ4v) is 5.91. The lowest BCUT2D eigenvalue weighted by molar-refractivity contribution is -0.161. The highest BCUT2D eigenvalue weighted by atomic mass is 31.2. The number of aliphatic hydroxyl groups is 3. The number of phosphoric acid groups is 1. The Hall–Kier alpha value is -1.59. The second-order valence-electron chi connectivity index (χ2n) is 14.3. The molecule has 0 aliphatic heterocycles. The molecule has 0 amide bonds. The van der Waals surface area contributed by atoms with E-state index in [1.165, 1.54) is 116 Å². The van der Waals surface area contributed by atoms with Crippen molar-refractivity contribution in [3.8, 4) is 0 Å². The number of allylic oxidation sites excluding steroid dienone is 4. The highest BCUT2D eigenvalue weighted by Gasteiger charge is 2.17. The molecule has 2 atom stereocenters. The van der Waals surface area contributed by atoms with Gasteiger partial charge < -0.3 is 34.6 Å². The number of rotatable bonds is 38. The Morgan fingerprint density at radius 1 is 0.537 bits per heavy atom. The quantitative estimate of drug-likeness (QED) is 0.0174. The summed E-state index contributed by atoms with van der Waals surface area (Å²) in [7, 11) is -4.50. The molecule has 0 spiro atoms. The van der Waals surface area contributed by atoms with Crippen molar-refractivity contribution in [3.63, 3.8) is 0 Å². The van der Waals surface area contributed by atoms with Crippen LogP contribution in [0.3, 0.4) is 0 Å². The number of hydrogen-bond acceptors (Lipinski definition) is 9. The Kier molecular flexibility index (Phi) is 43.0. The van der Waals surface area contributed by atoms with E-state index in [0.29, 0.717) is 12.8 Å². The molecule has 0 radical (unpaired) electrons. The zero-order chi connectivity index (χ0) is 40.4. The van der Waals surface area contributed by atoms with Crippen molar-refractivity contribution < 1.29 is 53.3 Å². The summed E-state index contributed by atoms with van der Waals surface area (Å²) in [6.07, 6.45) is 39.6. The molecule has 0 aromatic heterocycles. The van der Waals surface area contributed by atoms with Crippen molar-refractivity contribution in [2.24, 2.45) is 0 Å². The van der Waals surface area contributed by atoms with Gasteiger partial charge in [0, 0.05) is 12.8 Å². The van der Waals surface area contributed by atoms with E-state index in [2.05, 4.69) is 42.7 Å². The summed E-state index contributed by atoms with van der Waals surface area (Å²) in [5.41, 5.74) is 0. The van der Waals surface area contributed by atoms with Crippen molar-refractivity contribution in [3.05, 3.63) is 24.3 Å². The standard InChI is InChI=1S/C39H72O5.C3H9O6P/c1-3-5-7-9-11-13-15-17-19-21-23-25-27-29-31-33-38(41)43-36-37(35-40)44-39(42)34-32-30-28-26-24-22-20-18-16-14-12-10-8-6-4-2;4-1-3(5)2-9-10(6,7)8/h17-20,37,40H,3-16,21-36H2,1-2H3;3-5H,1-2H2,(H2,6,7,8)/b19-17-,20-18-;/t37-;/m0./s1. The molecule has 0 saturated carbocycles. The van der Waals surface area contributed by atoms with Crippen LogP contribution in [0.5, 0.6) is 0 Å². The highest BCUT2D eigenvalue weighted by molar-refractivity contribution is 7.46. The molecule has 0 aliphatic rings. The van der Waals surface area contributed by atoms with Crippen molar-refractivity contribution in [2.45, 2.75) is 206 Å². The van der Waals surface area contributed by atoms with Crippen molar-refractivity contribution in [1.82, 2.24) is 0 Å². The first-order valence-electron chi connectivity index (χ1n) is 21.3. The minimum absolute atomic E-state index is 0.0709. The Labute approximate surface area is 329 Å². The van der Waals surface area contributed by atoms with Gasteiger partial charge in [-0.3, -0.25) is 14.1 Å². The van der Waals surface area contributed by atoms with Gasteiger partial charge in [-0.2, -0.15) is 0 Å². The zero-order valence-corrected chi connectivity index (χ0v) is 35.1. The SMILES string of the molecule is CCCCCCCC/C=C\CCCCCCCC(=O)OC[C@H](CO)OC(=O)CCCCCCC/C=C\CCCCCCCC.O=P(O)(O)OCC(O)CO. The number of carbonyl (C=O) groups is 2. The molecule has 12 heteroatoms. The van der Waals surface area contributed by atoms with Gasteiger partial charge in [0.25, 0.3) is 0 Å². The van der Waals surface area contributed by atoms with E-state index in [-0.39, 0.29) is 25.2 Å². The van der Waals surface area contributed by atoms with E-state index < -0.39 is 33.2 Å². The van der Waals surface area contributed by atoms with Gasteiger partial charge in [0.1, 0.15) is 12.7 Å². The molecule has 0 aromatic rings. The van der Waals surface area contributed by atoms with E-state index in [9.17, 15) is 19.3 Å². The Bertz CT molecular complexity index is 922. The van der Waals surface area contributed by atoms with Gasteiger partial charge in [-0.05, 0) is 64.2 Å². The summed E-state index contributed by atoms with van der Waals surface area (Å²) in [5, 5.41) is 26.2. The minimum Gasteiger partial charge on any atom is -0.462 e. The molecule has 0 fully saturated rings. The molecule has 0 bridgehead atoms. The van der Waals surface area contributed by atoms with E-state index >= 15 is 0 Å². The number of hydrogen-bond donors (Lipinski definition) is 5. The third-order valence-electron chi connectivity index (χ3n) is 8.86. The summed E-state index contributed by atoms with van der Waals surface area (Å²) >= 11 is 0. The zero-order valence-electron chi connectivity index (χ0n) is 34.2. The molecule has 0 aliphatic carbocycles. The molecule has 5 N–H and O–H groups in total. The smallest absolute Gasteiger partial charge is 0.462 e. The average Bonchev–Trinajstić information content (AvgIpc) is 3.15. The van der Waals surface area contributed by atoms with Gasteiger partial charge in [0.05, 0.1) is 19.8 Å². The number of unbranched alkanes of at least 4 members (excludes halogenated alkanes) is 22. The normalized spacial score (nSPS) is 12.9. The maximum atomic E-state index is 12.1. The fourth-order valence-electron chi connectivity index (χ4n) is 5.54. The molecule has 54 heavy (non-hydrogen) atoms. The highest BCUT2D eigenvalue weighted by Crippen LogP contribution is 2.35. The molecule has 0 saturated heterocycles. The summed E-state index contributed by atoms with van der Waals surface area (Å²) in [6.45, 7) is 2.96. The van der Waals surface area contributed by atoms with Crippen LogP contribution in [0.15, 0.2) is 24.3 Å². The van der Waals surface area contributed by atoms with Crippen LogP contribution in [0.1, 0.15) is 194 Å². The summed E-state index contributed by atoms with van der Waals surface area (Å²) in [6, 6.07) is 0. The monoisotopic (exact) mass is 793 g/mol. The topological polar surface area (TPSA) is 180 Å². The van der Waals surface area contributed by atoms with Gasteiger partial charge in [-0.1, -0.05) is 141 Å². The first-order valence-corrected chi connectivity index (χ1v) is 22.9. The summed E-state index contributed by atoms with van der Waals surface area (Å²) in [4.78, 5) is 40.3. The van der Waals surface area contributed by atoms with Gasteiger partial charge in [0.2, 0.25) is 0 Å². The van der Waals surface area contributed by atoms with Crippen molar-refractivity contribution in [2.75, 3.05) is 26.4 Å². The van der Waals surface area contributed by atoms with Crippen LogP contribution in [-0.4, -0.2) is 75.7 Å². The van der Waals surface area contributed by atoms with Crippen molar-refractivity contribution >= 4 is 19.8 Å². The summed E-state index contributed by atoms with van der Waals surface area (Å²) < 4.78 is 24.3. The predicted octanol–water partition coefficient (Wildman–Crippen LogP) is 9.96. The fraction of sp³-hybridized carbons (Fsp3) is 0.857. The van der Waals surface area contributed by atoms with Crippen LogP contribution in [-0.2, 0) is 28.2 Å². The van der Waals surface area contributed by atoms with Crippen LogP contribution in [0.2, 0.25) is 0 Å². The average molecular weight is 793 g/mol. The second-order valence-corrected chi connectivity index (χ2v) is 15.5. The second kappa shape index (κ2) is 42.6. The van der Waals surface area contributed by atoms with Crippen LogP contribution < -0.4 is 0 Å². The molecule has 1 unspecified atom stereocenters. The molecule has 320 valence electrons. The van der Waals surface area contributed by atoms with Gasteiger partial charge in [-0.15, -0.1) is 0 Å². The molecule has 0 aromatic carbocycles. The Morgan fingerprint density at radius 3 is 1.28 bits per heavy atom. The van der Waals surface area contributed by atoms with Gasteiger partial charge in [-0.25, -0.2) is 4.57 Å². The number of aliphatic hydroxyl groups excluding tert-OH is 3. The summed E-state index contributed by atoms with van der Waals surface area (Å²) in [5.74, 6) is -0.607. The predicted molar refractivity (Wildman–Crippen MR) is 218 cm³/mol. The Morgan fingerprint density at radius 2 is 0.907 bits per heavy atom. The Balaban J connectivity index is 0. The molecule has 0 rings (SSSR count). The van der Waals surface area contributed by atoms with Crippen LogP contribution in [0.25, 0.3) is 0 Å². The molecule has 11 nitrogen and oxygen atoms in total. The van der Waals surface area contributed by atoms with Crippen LogP contribution in [0, 0.1) is 0 Å². The number of ether oxygens (including phenoxy) is 2. The van der Waals surface area contributed by atoms with Crippen LogP contribution in [0.4, 0.5) is 0 Å².